The molecular weight excluding hydrogens is 667 g/mol. The highest BCUT2D eigenvalue weighted by Crippen LogP contribution is 2.19. The van der Waals surface area contributed by atoms with Gasteiger partial charge in [-0.3, -0.25) is 24.0 Å². The van der Waals surface area contributed by atoms with Crippen LogP contribution in [0, 0.1) is 5.92 Å². The van der Waals surface area contributed by atoms with Crippen LogP contribution in [0.1, 0.15) is 55.9 Å². The number of Topliss-reactive ketones (excluding diaryl/α,β-unsaturated/α-hetero) is 1. The number of nitrogens with one attached hydrogen (secondary N) is 4. The number of nitrogens with zero attached hydrogens (tertiary/aromatic N) is 1. The molecule has 4 amide bonds. The first kappa shape index (κ1) is 40.2. The van der Waals surface area contributed by atoms with Crippen molar-refractivity contribution in [3.8, 4) is 0 Å². The second-order valence-electron chi connectivity index (χ2n) is 13.6. The zero-order valence-electron chi connectivity index (χ0n) is 30.8. The minimum absolute atomic E-state index is 0.00541. The molecule has 0 aliphatic carbocycles. The van der Waals surface area contributed by atoms with Crippen molar-refractivity contribution >= 4 is 29.4 Å². The monoisotopic (exact) mass is 717 g/mol. The Hall–Kier alpha value is -5.61. The van der Waals surface area contributed by atoms with Crippen LogP contribution < -0.4 is 21.3 Å². The number of carbonyl (C=O) groups is 5. The summed E-state index contributed by atoms with van der Waals surface area (Å²) in [5.74, 6) is -2.59. The van der Waals surface area contributed by atoms with Crippen molar-refractivity contribution in [2.24, 2.45) is 5.92 Å². The highest BCUT2D eigenvalue weighted by molar-refractivity contribution is 6.38. The fourth-order valence-electron chi connectivity index (χ4n) is 5.92. The molecule has 4 N–H and O–H groups in total. The van der Waals surface area contributed by atoms with Crippen molar-refractivity contribution in [1.82, 2.24) is 26.2 Å². The molecule has 53 heavy (non-hydrogen) atoms. The lowest BCUT2D eigenvalue weighted by molar-refractivity contribution is -0.145. The Morgan fingerprint density at radius 1 is 0.623 bits per heavy atom. The van der Waals surface area contributed by atoms with E-state index in [0.29, 0.717) is 19.4 Å². The molecule has 0 bridgehead atoms. The van der Waals surface area contributed by atoms with Gasteiger partial charge in [0.25, 0.3) is 5.91 Å². The second kappa shape index (κ2) is 21.0. The molecule has 4 rings (SSSR count). The summed E-state index contributed by atoms with van der Waals surface area (Å²) in [5, 5.41) is 11.6. The minimum Gasteiger partial charge on any atom is -0.352 e. The number of ketones is 1. The van der Waals surface area contributed by atoms with Crippen LogP contribution in [-0.2, 0) is 50.0 Å². The van der Waals surface area contributed by atoms with Crippen LogP contribution >= 0.6 is 0 Å². The van der Waals surface area contributed by atoms with E-state index in [1.165, 1.54) is 6.92 Å². The molecule has 0 fully saturated rings. The molecule has 0 heterocycles. The Labute approximate surface area is 312 Å². The molecule has 4 aromatic carbocycles. The summed E-state index contributed by atoms with van der Waals surface area (Å²) in [6.45, 7) is 6.34. The van der Waals surface area contributed by atoms with Crippen molar-refractivity contribution < 1.29 is 24.0 Å². The van der Waals surface area contributed by atoms with Gasteiger partial charge in [0, 0.05) is 32.6 Å². The Bertz CT molecular complexity index is 1750. The van der Waals surface area contributed by atoms with Crippen LogP contribution in [0.3, 0.4) is 0 Å². The number of hydrogen-bond donors (Lipinski definition) is 4. The van der Waals surface area contributed by atoms with Gasteiger partial charge in [-0.2, -0.15) is 0 Å². The molecule has 10 nitrogen and oxygen atoms in total. The van der Waals surface area contributed by atoms with Crippen LogP contribution in [0.2, 0.25) is 0 Å². The number of amides is 4. The molecule has 278 valence electrons. The molecule has 4 aromatic rings. The Kier molecular flexibility index (Phi) is 15.9. The fourth-order valence-corrected chi connectivity index (χ4v) is 5.92. The van der Waals surface area contributed by atoms with Gasteiger partial charge in [0.15, 0.2) is 0 Å². The molecule has 0 aliphatic heterocycles. The summed E-state index contributed by atoms with van der Waals surface area (Å²) in [7, 11) is 0. The van der Waals surface area contributed by atoms with E-state index in [2.05, 4.69) is 21.3 Å². The van der Waals surface area contributed by atoms with Gasteiger partial charge in [-0.05, 0) is 47.9 Å². The average molecular weight is 718 g/mol. The van der Waals surface area contributed by atoms with Crippen molar-refractivity contribution in [1.29, 1.82) is 0 Å². The molecule has 0 saturated carbocycles. The summed E-state index contributed by atoms with van der Waals surface area (Å²) in [6.07, 6.45) is 0.778. The van der Waals surface area contributed by atoms with E-state index in [4.69, 9.17) is 0 Å². The summed E-state index contributed by atoms with van der Waals surface area (Å²) in [4.78, 5) is 69.1. The fraction of sp³-hybridized carbons (Fsp3) is 0.326. The van der Waals surface area contributed by atoms with Gasteiger partial charge in [-0.1, -0.05) is 135 Å². The highest BCUT2D eigenvalue weighted by atomic mass is 16.2. The summed E-state index contributed by atoms with van der Waals surface area (Å²) in [6, 6.07) is 35.0. The maximum Gasteiger partial charge on any atom is 0.289 e. The zero-order valence-corrected chi connectivity index (χ0v) is 30.8. The van der Waals surface area contributed by atoms with Crippen molar-refractivity contribution in [2.75, 3.05) is 6.54 Å². The zero-order chi connectivity index (χ0) is 38.0. The molecule has 10 heteroatoms. The van der Waals surface area contributed by atoms with E-state index in [9.17, 15) is 24.0 Å². The number of hydrogen-bond acceptors (Lipinski definition) is 6. The van der Waals surface area contributed by atoms with Gasteiger partial charge in [-0.25, -0.2) is 0 Å². The molecule has 0 radical (unpaired) electrons. The largest absolute Gasteiger partial charge is 0.352 e. The van der Waals surface area contributed by atoms with E-state index in [-0.39, 0.29) is 43.8 Å². The third-order valence-corrected chi connectivity index (χ3v) is 8.78. The number of rotatable bonds is 20. The standard InChI is InChI=1S/C43H51N5O5/c1-31(2)26-38(41(51)47-32(3)40(50)42(52)46-29-35-20-12-6-13-21-35)48(30-36-22-14-7-15-23-36)43(53)37(27-33-16-8-4-9-17-33)44-25-24-39(49)45-28-34-18-10-5-11-19-34/h4-23,31-32,37-38,44H,24-30H2,1-3H3,(H,45,49)(H,46,52)(H,47,51)/t32?,37-,38?/m0/s1. The highest BCUT2D eigenvalue weighted by Gasteiger charge is 2.36. The van der Waals surface area contributed by atoms with Crippen LogP contribution in [0.5, 0.6) is 0 Å². The molecule has 0 aliphatic rings. The first-order chi connectivity index (χ1) is 25.6. The van der Waals surface area contributed by atoms with Crippen molar-refractivity contribution in [3.05, 3.63) is 144 Å². The molecule has 0 spiro atoms. The van der Waals surface area contributed by atoms with Crippen molar-refractivity contribution in [3.63, 3.8) is 0 Å². The van der Waals surface area contributed by atoms with Crippen LogP contribution in [-0.4, -0.2) is 59.0 Å². The predicted molar refractivity (Wildman–Crippen MR) is 206 cm³/mol. The first-order valence-corrected chi connectivity index (χ1v) is 18.2. The van der Waals surface area contributed by atoms with E-state index in [1.54, 1.807) is 4.90 Å². The van der Waals surface area contributed by atoms with Crippen molar-refractivity contribution in [2.45, 2.75) is 77.8 Å². The Morgan fingerprint density at radius 3 is 1.64 bits per heavy atom. The minimum atomic E-state index is -1.13. The van der Waals surface area contributed by atoms with Crippen LogP contribution in [0.4, 0.5) is 0 Å². The van der Waals surface area contributed by atoms with Gasteiger partial charge in [0.05, 0.1) is 12.1 Å². The number of benzene rings is 4. The molecule has 0 aromatic heterocycles. The maximum atomic E-state index is 14.8. The maximum absolute atomic E-state index is 14.8. The van der Waals surface area contributed by atoms with Crippen LogP contribution in [0.15, 0.2) is 121 Å². The van der Waals surface area contributed by atoms with Gasteiger partial charge in [0.2, 0.25) is 23.5 Å². The SMILES string of the molecule is CC(C)CC(C(=O)NC(C)C(=O)C(=O)NCc1ccccc1)N(Cc1ccccc1)C(=O)[C@H](Cc1ccccc1)NCCC(=O)NCc1ccccc1. The van der Waals surface area contributed by atoms with E-state index < -0.39 is 35.7 Å². The van der Waals surface area contributed by atoms with Gasteiger partial charge in [0.1, 0.15) is 6.04 Å². The summed E-state index contributed by atoms with van der Waals surface area (Å²) in [5.41, 5.74) is 3.56. The predicted octanol–water partition coefficient (Wildman–Crippen LogP) is 4.73. The Morgan fingerprint density at radius 2 is 1.11 bits per heavy atom. The van der Waals surface area contributed by atoms with Crippen LogP contribution in [0.25, 0.3) is 0 Å². The third kappa shape index (κ3) is 13.5. The molecule has 2 unspecified atom stereocenters. The molecule has 3 atom stereocenters. The average Bonchev–Trinajstić information content (AvgIpc) is 3.18. The van der Waals surface area contributed by atoms with E-state index in [0.717, 1.165) is 22.3 Å². The lowest BCUT2D eigenvalue weighted by atomic mass is 9.97. The topological polar surface area (TPSA) is 137 Å². The van der Waals surface area contributed by atoms with Gasteiger partial charge in [-0.15, -0.1) is 0 Å². The summed E-state index contributed by atoms with van der Waals surface area (Å²) >= 11 is 0. The summed E-state index contributed by atoms with van der Waals surface area (Å²) < 4.78 is 0. The Balaban J connectivity index is 1.53. The van der Waals surface area contributed by atoms with Gasteiger partial charge < -0.3 is 26.2 Å². The second-order valence-corrected chi connectivity index (χ2v) is 13.6. The molecular formula is C43H51N5O5. The third-order valence-electron chi connectivity index (χ3n) is 8.78. The quantitative estimate of drug-likeness (QED) is 0.0977. The lowest BCUT2D eigenvalue weighted by Crippen LogP contribution is -2.58. The lowest BCUT2D eigenvalue weighted by Gasteiger charge is -2.35. The molecule has 0 saturated heterocycles. The number of carbonyl (C=O) groups excluding carboxylic acids is 5. The first-order valence-electron chi connectivity index (χ1n) is 18.2. The smallest absolute Gasteiger partial charge is 0.289 e. The van der Waals surface area contributed by atoms with E-state index in [1.807, 2.05) is 135 Å². The normalized spacial score (nSPS) is 12.6. The van der Waals surface area contributed by atoms with E-state index >= 15 is 0 Å². The van der Waals surface area contributed by atoms with Gasteiger partial charge >= 0.3 is 0 Å².